The fourth-order valence-corrected chi connectivity index (χ4v) is 2.32. The van der Waals surface area contributed by atoms with Gasteiger partial charge in [-0.15, -0.1) is 0 Å². The van der Waals surface area contributed by atoms with Crippen LogP contribution < -0.4 is 4.74 Å². The van der Waals surface area contributed by atoms with Crippen LogP contribution >= 0.6 is 15.9 Å². The molecule has 1 aromatic carbocycles. The minimum Gasteiger partial charge on any atom is -0.504 e. The van der Waals surface area contributed by atoms with Crippen LogP contribution in [0.4, 0.5) is 0 Å². The Morgan fingerprint density at radius 3 is 2.39 bits per heavy atom. The molecule has 18 heavy (non-hydrogen) atoms. The van der Waals surface area contributed by atoms with Crippen molar-refractivity contribution in [2.75, 3.05) is 7.11 Å². The third-order valence-corrected chi connectivity index (χ3v) is 4.28. The zero-order valence-electron chi connectivity index (χ0n) is 10.9. The number of phenols is 1. The first kappa shape index (κ1) is 14.8. The minimum absolute atomic E-state index is 0.0313. The Bertz CT molecular complexity index is 483. The third-order valence-electron chi connectivity index (χ3n) is 3.09. The SMILES string of the molecule is COc1c(C)c(Br)c(C)c(CC(C)C(=O)O)c1O. The number of aromatic hydroxyl groups is 1. The predicted molar refractivity (Wildman–Crippen MR) is 72.3 cm³/mol. The van der Waals surface area contributed by atoms with Crippen LogP contribution in [0.1, 0.15) is 23.6 Å². The molecule has 0 heterocycles. The topological polar surface area (TPSA) is 66.8 Å². The van der Waals surface area contributed by atoms with Crippen molar-refractivity contribution in [3.05, 3.63) is 21.2 Å². The molecule has 2 N–H and O–H groups in total. The van der Waals surface area contributed by atoms with E-state index in [1.807, 2.05) is 13.8 Å². The molecule has 1 rings (SSSR count). The smallest absolute Gasteiger partial charge is 0.306 e. The summed E-state index contributed by atoms with van der Waals surface area (Å²) >= 11 is 3.44. The van der Waals surface area contributed by atoms with Crippen LogP contribution in [-0.4, -0.2) is 23.3 Å². The van der Waals surface area contributed by atoms with Gasteiger partial charge in [-0.2, -0.15) is 0 Å². The van der Waals surface area contributed by atoms with Crippen molar-refractivity contribution < 1.29 is 19.7 Å². The lowest BCUT2D eigenvalue weighted by Gasteiger charge is -2.18. The van der Waals surface area contributed by atoms with Crippen LogP contribution in [0.5, 0.6) is 11.5 Å². The van der Waals surface area contributed by atoms with Gasteiger partial charge in [0.2, 0.25) is 0 Å². The molecule has 0 amide bonds. The Balaban J connectivity index is 3.35. The summed E-state index contributed by atoms with van der Waals surface area (Å²) in [5.41, 5.74) is 2.26. The molecule has 1 atom stereocenters. The highest BCUT2D eigenvalue weighted by Gasteiger charge is 2.22. The molecule has 100 valence electrons. The maximum Gasteiger partial charge on any atom is 0.306 e. The predicted octanol–water partition coefficient (Wildman–Crippen LogP) is 3.04. The highest BCUT2D eigenvalue weighted by molar-refractivity contribution is 9.10. The fraction of sp³-hybridized carbons (Fsp3) is 0.462. The molecule has 5 heteroatoms. The molecule has 0 saturated carbocycles. The van der Waals surface area contributed by atoms with E-state index >= 15 is 0 Å². The Morgan fingerprint density at radius 1 is 1.39 bits per heavy atom. The van der Waals surface area contributed by atoms with E-state index in [9.17, 15) is 9.90 Å². The van der Waals surface area contributed by atoms with Crippen LogP contribution in [0.2, 0.25) is 0 Å². The summed E-state index contributed by atoms with van der Waals surface area (Å²) in [4.78, 5) is 10.9. The zero-order valence-corrected chi connectivity index (χ0v) is 12.5. The van der Waals surface area contributed by atoms with Crippen LogP contribution in [-0.2, 0) is 11.2 Å². The van der Waals surface area contributed by atoms with E-state index in [1.165, 1.54) is 7.11 Å². The van der Waals surface area contributed by atoms with Crippen molar-refractivity contribution >= 4 is 21.9 Å². The molecule has 0 saturated heterocycles. The summed E-state index contributed by atoms with van der Waals surface area (Å²) in [6.07, 6.45) is 0.266. The van der Waals surface area contributed by atoms with Gasteiger partial charge >= 0.3 is 5.97 Å². The Hall–Kier alpha value is -1.23. The lowest BCUT2D eigenvalue weighted by Crippen LogP contribution is -2.13. The molecular formula is C13H17BrO4. The van der Waals surface area contributed by atoms with E-state index in [0.717, 1.165) is 15.6 Å². The number of rotatable bonds is 4. The monoisotopic (exact) mass is 316 g/mol. The maximum atomic E-state index is 10.9. The first-order valence-corrected chi connectivity index (χ1v) is 6.37. The number of halogens is 1. The minimum atomic E-state index is -0.885. The number of carboxylic acid groups (broad SMARTS) is 1. The molecule has 0 bridgehead atoms. The number of carbonyl (C=O) groups is 1. The van der Waals surface area contributed by atoms with Gasteiger partial charge in [0.25, 0.3) is 0 Å². The van der Waals surface area contributed by atoms with Crippen LogP contribution in [0.15, 0.2) is 4.47 Å². The molecule has 1 aromatic rings. The summed E-state index contributed by atoms with van der Waals surface area (Å²) in [5, 5.41) is 19.1. The first-order chi connectivity index (χ1) is 8.31. The van der Waals surface area contributed by atoms with Crippen LogP contribution in [0, 0.1) is 19.8 Å². The summed E-state index contributed by atoms with van der Waals surface area (Å²) in [6.45, 7) is 5.29. The lowest BCUT2D eigenvalue weighted by molar-refractivity contribution is -0.141. The molecule has 0 fully saturated rings. The van der Waals surface area contributed by atoms with Gasteiger partial charge in [-0.05, 0) is 25.8 Å². The Kier molecular flexibility index (Phi) is 4.62. The average molecular weight is 317 g/mol. The summed E-state index contributed by atoms with van der Waals surface area (Å²) < 4.78 is 6.00. The van der Waals surface area contributed by atoms with Crippen molar-refractivity contribution in [3.8, 4) is 11.5 Å². The number of hydrogen-bond donors (Lipinski definition) is 2. The molecule has 0 spiro atoms. The molecule has 4 nitrogen and oxygen atoms in total. The van der Waals surface area contributed by atoms with E-state index in [-0.39, 0.29) is 12.2 Å². The second kappa shape index (κ2) is 5.61. The number of benzene rings is 1. The van der Waals surface area contributed by atoms with Crippen molar-refractivity contribution in [1.82, 2.24) is 0 Å². The largest absolute Gasteiger partial charge is 0.504 e. The number of methoxy groups -OCH3 is 1. The third kappa shape index (κ3) is 2.61. The van der Waals surface area contributed by atoms with Gasteiger partial charge in [0.1, 0.15) is 0 Å². The average Bonchev–Trinajstić information content (AvgIpc) is 2.32. The molecule has 0 aliphatic carbocycles. The highest BCUT2D eigenvalue weighted by Crippen LogP contribution is 2.42. The normalized spacial score (nSPS) is 12.3. The standard InChI is InChI=1S/C13H17BrO4/c1-6(13(16)17)5-9-7(2)10(14)8(3)12(18-4)11(9)15/h6,15H,5H2,1-4H3,(H,16,17). The molecule has 0 aromatic heterocycles. The summed E-state index contributed by atoms with van der Waals surface area (Å²) in [5.74, 6) is -1.03. The van der Waals surface area contributed by atoms with E-state index in [1.54, 1.807) is 6.92 Å². The molecule has 1 unspecified atom stereocenters. The number of aliphatic carboxylic acids is 1. The second-order valence-electron chi connectivity index (χ2n) is 4.37. The van der Waals surface area contributed by atoms with Crippen molar-refractivity contribution in [3.63, 3.8) is 0 Å². The van der Waals surface area contributed by atoms with Crippen molar-refractivity contribution in [1.29, 1.82) is 0 Å². The number of ether oxygens (including phenoxy) is 1. The van der Waals surface area contributed by atoms with E-state index in [2.05, 4.69) is 15.9 Å². The maximum absolute atomic E-state index is 10.9. The Labute approximate surface area is 115 Å². The van der Waals surface area contributed by atoms with Gasteiger partial charge < -0.3 is 14.9 Å². The second-order valence-corrected chi connectivity index (χ2v) is 5.16. The van der Waals surface area contributed by atoms with Gasteiger partial charge in [0.15, 0.2) is 11.5 Å². The zero-order chi connectivity index (χ0) is 14.0. The number of phenolic OH excluding ortho intramolecular Hbond substituents is 1. The van der Waals surface area contributed by atoms with Gasteiger partial charge in [0.05, 0.1) is 13.0 Å². The number of carboxylic acids is 1. The van der Waals surface area contributed by atoms with Gasteiger partial charge in [-0.25, -0.2) is 0 Å². The van der Waals surface area contributed by atoms with E-state index in [0.29, 0.717) is 11.3 Å². The number of hydrogen-bond acceptors (Lipinski definition) is 3. The van der Waals surface area contributed by atoms with Crippen molar-refractivity contribution in [2.45, 2.75) is 27.2 Å². The quantitative estimate of drug-likeness (QED) is 0.896. The highest BCUT2D eigenvalue weighted by atomic mass is 79.9. The first-order valence-electron chi connectivity index (χ1n) is 5.58. The van der Waals surface area contributed by atoms with Crippen LogP contribution in [0.25, 0.3) is 0 Å². The summed E-state index contributed by atoms with van der Waals surface area (Å²) in [6, 6.07) is 0. The van der Waals surface area contributed by atoms with Gasteiger partial charge in [-0.1, -0.05) is 22.9 Å². The summed E-state index contributed by atoms with van der Waals surface area (Å²) in [7, 11) is 1.48. The van der Waals surface area contributed by atoms with E-state index in [4.69, 9.17) is 9.84 Å². The molecule has 0 aliphatic heterocycles. The van der Waals surface area contributed by atoms with Crippen molar-refractivity contribution in [2.24, 2.45) is 5.92 Å². The van der Waals surface area contributed by atoms with Gasteiger partial charge in [0, 0.05) is 15.6 Å². The Morgan fingerprint density at radius 2 is 1.94 bits per heavy atom. The van der Waals surface area contributed by atoms with E-state index < -0.39 is 11.9 Å². The lowest BCUT2D eigenvalue weighted by atomic mass is 9.94. The van der Waals surface area contributed by atoms with Gasteiger partial charge in [-0.3, -0.25) is 4.79 Å². The fourth-order valence-electron chi connectivity index (χ4n) is 1.90. The molecular weight excluding hydrogens is 300 g/mol. The van der Waals surface area contributed by atoms with Crippen LogP contribution in [0.3, 0.4) is 0 Å². The molecule has 0 aliphatic rings. The molecule has 0 radical (unpaired) electrons.